The van der Waals surface area contributed by atoms with Gasteiger partial charge in [0, 0.05) is 11.6 Å². The van der Waals surface area contributed by atoms with Gasteiger partial charge in [-0.05, 0) is 36.6 Å². The molecule has 1 aromatic heterocycles. The lowest BCUT2D eigenvalue weighted by Gasteiger charge is -2.26. The average molecular weight is 342 g/mol. The van der Waals surface area contributed by atoms with Gasteiger partial charge in [-0.1, -0.05) is 32.0 Å². The number of carboxylic acids is 1. The number of nitrogens with zero attached hydrogens (tertiary/aromatic N) is 1. The molecule has 1 heterocycles. The number of aliphatic carboxylic acids is 1. The average Bonchev–Trinajstić information content (AvgIpc) is 2.56. The van der Waals surface area contributed by atoms with Crippen LogP contribution in [0.15, 0.2) is 48.7 Å². The fourth-order valence-electron chi connectivity index (χ4n) is 2.71. The molecule has 0 aliphatic rings. The highest BCUT2D eigenvalue weighted by molar-refractivity contribution is 5.94. The largest absolute Gasteiger partial charge is 0.506 e. The molecular formula is C19H22N2O4. The van der Waals surface area contributed by atoms with Crippen molar-refractivity contribution < 1.29 is 19.8 Å². The van der Waals surface area contributed by atoms with Crippen molar-refractivity contribution in [3.63, 3.8) is 0 Å². The van der Waals surface area contributed by atoms with Crippen LogP contribution in [0.1, 0.15) is 42.2 Å². The fraction of sp³-hybridized carbons (Fsp3) is 0.316. The summed E-state index contributed by atoms with van der Waals surface area (Å²) in [6.07, 6.45) is 1.69. The van der Waals surface area contributed by atoms with E-state index in [4.69, 9.17) is 0 Å². The van der Waals surface area contributed by atoms with Gasteiger partial charge in [0.15, 0.2) is 0 Å². The highest BCUT2D eigenvalue weighted by Gasteiger charge is 2.33. The molecule has 132 valence electrons. The molecule has 6 heteroatoms. The number of aromatic hydroxyl groups is 1. The quantitative estimate of drug-likeness (QED) is 0.718. The Labute approximate surface area is 146 Å². The van der Waals surface area contributed by atoms with Gasteiger partial charge in [0.25, 0.3) is 5.91 Å². The third kappa shape index (κ3) is 5.04. The number of aromatic nitrogens is 1. The summed E-state index contributed by atoms with van der Waals surface area (Å²) in [7, 11) is 0. The van der Waals surface area contributed by atoms with E-state index in [9.17, 15) is 19.8 Å². The maximum Gasteiger partial charge on any atom is 0.314 e. The SMILES string of the molecule is CC(C)CC(NC(=O)c1ccccc1)C(C(=O)O)c1ccc(O)cn1. The number of hydrogen-bond acceptors (Lipinski definition) is 4. The van der Waals surface area contributed by atoms with Crippen LogP contribution in [0.25, 0.3) is 0 Å². The number of carboxylic acid groups (broad SMARTS) is 1. The number of benzene rings is 1. The Bertz CT molecular complexity index is 714. The van der Waals surface area contributed by atoms with Crippen LogP contribution in [0.2, 0.25) is 0 Å². The molecule has 0 saturated heterocycles. The van der Waals surface area contributed by atoms with Crippen LogP contribution in [0.5, 0.6) is 5.75 Å². The molecule has 0 aliphatic heterocycles. The van der Waals surface area contributed by atoms with Crippen molar-refractivity contribution in [3.8, 4) is 5.75 Å². The summed E-state index contributed by atoms with van der Waals surface area (Å²) in [5.74, 6) is -2.26. The molecule has 0 saturated carbocycles. The van der Waals surface area contributed by atoms with Crippen LogP contribution in [-0.2, 0) is 4.79 Å². The Kier molecular flexibility index (Phi) is 6.11. The summed E-state index contributed by atoms with van der Waals surface area (Å²) in [5, 5.41) is 21.9. The zero-order chi connectivity index (χ0) is 18.4. The van der Waals surface area contributed by atoms with Crippen molar-refractivity contribution >= 4 is 11.9 Å². The second kappa shape index (κ2) is 8.28. The number of nitrogens with one attached hydrogen (secondary N) is 1. The van der Waals surface area contributed by atoms with Gasteiger partial charge in [0.05, 0.1) is 11.9 Å². The van der Waals surface area contributed by atoms with Crippen molar-refractivity contribution in [1.29, 1.82) is 0 Å². The number of carbonyl (C=O) groups excluding carboxylic acids is 1. The number of carbonyl (C=O) groups is 2. The van der Waals surface area contributed by atoms with E-state index < -0.39 is 17.9 Å². The molecular weight excluding hydrogens is 320 g/mol. The van der Waals surface area contributed by atoms with Crippen LogP contribution in [-0.4, -0.2) is 33.1 Å². The Morgan fingerprint density at radius 3 is 2.32 bits per heavy atom. The van der Waals surface area contributed by atoms with Gasteiger partial charge in [0.1, 0.15) is 11.7 Å². The minimum atomic E-state index is -1.07. The van der Waals surface area contributed by atoms with Crippen molar-refractivity contribution in [1.82, 2.24) is 10.3 Å². The van der Waals surface area contributed by atoms with E-state index >= 15 is 0 Å². The van der Waals surface area contributed by atoms with Crippen LogP contribution < -0.4 is 5.32 Å². The van der Waals surface area contributed by atoms with Gasteiger partial charge in [-0.3, -0.25) is 14.6 Å². The smallest absolute Gasteiger partial charge is 0.314 e. The maximum atomic E-state index is 12.5. The van der Waals surface area contributed by atoms with Crippen LogP contribution in [0.4, 0.5) is 0 Å². The minimum Gasteiger partial charge on any atom is -0.506 e. The van der Waals surface area contributed by atoms with Crippen molar-refractivity contribution in [2.24, 2.45) is 5.92 Å². The van der Waals surface area contributed by atoms with E-state index in [1.807, 2.05) is 19.9 Å². The second-order valence-corrected chi connectivity index (χ2v) is 6.33. The zero-order valence-electron chi connectivity index (χ0n) is 14.2. The molecule has 2 atom stereocenters. The summed E-state index contributed by atoms with van der Waals surface area (Å²) in [4.78, 5) is 28.4. The van der Waals surface area contributed by atoms with E-state index in [0.717, 1.165) is 0 Å². The third-order valence-corrected chi connectivity index (χ3v) is 3.84. The van der Waals surface area contributed by atoms with Crippen molar-refractivity contribution in [2.45, 2.75) is 32.2 Å². The first-order valence-electron chi connectivity index (χ1n) is 8.12. The highest BCUT2D eigenvalue weighted by Crippen LogP contribution is 2.25. The Hall–Kier alpha value is -2.89. The first-order chi connectivity index (χ1) is 11.9. The van der Waals surface area contributed by atoms with Crippen LogP contribution in [0, 0.1) is 5.92 Å². The van der Waals surface area contributed by atoms with Gasteiger partial charge in [0.2, 0.25) is 0 Å². The third-order valence-electron chi connectivity index (χ3n) is 3.84. The van der Waals surface area contributed by atoms with E-state index in [-0.39, 0.29) is 17.6 Å². The topological polar surface area (TPSA) is 99.5 Å². The molecule has 2 aromatic rings. The van der Waals surface area contributed by atoms with Crippen molar-refractivity contribution in [2.75, 3.05) is 0 Å². The highest BCUT2D eigenvalue weighted by atomic mass is 16.4. The summed E-state index contributed by atoms with van der Waals surface area (Å²) in [6, 6.07) is 10.9. The monoisotopic (exact) mass is 342 g/mol. The second-order valence-electron chi connectivity index (χ2n) is 6.33. The van der Waals surface area contributed by atoms with Crippen molar-refractivity contribution in [3.05, 3.63) is 59.9 Å². The Morgan fingerprint density at radius 2 is 1.80 bits per heavy atom. The van der Waals surface area contributed by atoms with Gasteiger partial charge in [-0.15, -0.1) is 0 Å². The predicted octanol–water partition coefficient (Wildman–Crippen LogP) is 2.80. The molecule has 0 aliphatic carbocycles. The lowest BCUT2D eigenvalue weighted by atomic mass is 9.88. The summed E-state index contributed by atoms with van der Waals surface area (Å²) in [6.45, 7) is 3.93. The number of pyridine rings is 1. The maximum absolute atomic E-state index is 12.5. The number of rotatable bonds is 7. The van der Waals surface area contributed by atoms with Gasteiger partial charge >= 0.3 is 5.97 Å². The van der Waals surface area contributed by atoms with Gasteiger partial charge in [-0.25, -0.2) is 0 Å². The first-order valence-corrected chi connectivity index (χ1v) is 8.12. The lowest BCUT2D eigenvalue weighted by Crippen LogP contribution is -2.43. The lowest BCUT2D eigenvalue weighted by molar-refractivity contribution is -0.139. The fourth-order valence-corrected chi connectivity index (χ4v) is 2.71. The number of amides is 1. The molecule has 0 fully saturated rings. The standard InChI is InChI=1S/C19H22N2O4/c1-12(2)10-16(21-18(23)13-6-4-3-5-7-13)17(19(24)25)15-9-8-14(22)11-20-15/h3-9,11-12,16-17,22H,10H2,1-2H3,(H,21,23)(H,24,25). The van der Waals surface area contributed by atoms with Crippen LogP contribution in [0.3, 0.4) is 0 Å². The molecule has 0 radical (unpaired) electrons. The molecule has 2 unspecified atom stereocenters. The first kappa shape index (κ1) is 18.4. The Morgan fingerprint density at radius 1 is 1.12 bits per heavy atom. The predicted molar refractivity (Wildman–Crippen MR) is 93.4 cm³/mol. The molecule has 0 spiro atoms. The van der Waals surface area contributed by atoms with Gasteiger partial charge < -0.3 is 15.5 Å². The molecule has 6 nitrogen and oxygen atoms in total. The Balaban J connectivity index is 2.31. The summed E-state index contributed by atoms with van der Waals surface area (Å²) >= 11 is 0. The van der Waals surface area contributed by atoms with E-state index in [1.54, 1.807) is 24.3 Å². The summed E-state index contributed by atoms with van der Waals surface area (Å²) in [5.41, 5.74) is 0.767. The molecule has 1 amide bonds. The molecule has 2 rings (SSSR count). The van der Waals surface area contributed by atoms with Gasteiger partial charge in [-0.2, -0.15) is 0 Å². The molecule has 1 aromatic carbocycles. The van der Waals surface area contributed by atoms with Crippen LogP contribution >= 0.6 is 0 Å². The molecule has 0 bridgehead atoms. The number of hydrogen-bond donors (Lipinski definition) is 3. The zero-order valence-corrected chi connectivity index (χ0v) is 14.2. The molecule has 25 heavy (non-hydrogen) atoms. The van der Waals surface area contributed by atoms with E-state index in [0.29, 0.717) is 17.7 Å². The normalized spacial score (nSPS) is 13.2. The van der Waals surface area contributed by atoms with E-state index in [1.165, 1.54) is 18.3 Å². The van der Waals surface area contributed by atoms with E-state index in [2.05, 4.69) is 10.3 Å². The molecule has 3 N–H and O–H groups in total. The summed E-state index contributed by atoms with van der Waals surface area (Å²) < 4.78 is 0. The minimum absolute atomic E-state index is 0.0402.